The standard InChI is InChI=1S/C15H16F4O/c1-13(2)12(14(13,3)4)11(20)8-5-6-10(16)9(7-8)15(17,18)19/h5-7,12H,1-4H3. The number of hydrogen-bond acceptors (Lipinski definition) is 1. The Morgan fingerprint density at radius 3 is 2.00 bits per heavy atom. The van der Waals surface area contributed by atoms with E-state index in [1.54, 1.807) is 0 Å². The summed E-state index contributed by atoms with van der Waals surface area (Å²) in [6, 6.07) is 2.44. The van der Waals surface area contributed by atoms with Gasteiger partial charge in [-0.05, 0) is 29.0 Å². The Bertz CT molecular complexity index is 556. The molecule has 1 fully saturated rings. The lowest BCUT2D eigenvalue weighted by molar-refractivity contribution is -0.140. The van der Waals surface area contributed by atoms with Crippen molar-refractivity contribution in [2.45, 2.75) is 33.9 Å². The van der Waals surface area contributed by atoms with Gasteiger partial charge in [-0.25, -0.2) is 4.39 Å². The van der Waals surface area contributed by atoms with Gasteiger partial charge in [-0.3, -0.25) is 4.79 Å². The summed E-state index contributed by atoms with van der Waals surface area (Å²) in [4.78, 5) is 12.3. The Labute approximate surface area is 115 Å². The molecule has 0 unspecified atom stereocenters. The van der Waals surface area contributed by atoms with Crippen LogP contribution in [0.15, 0.2) is 18.2 Å². The molecule has 20 heavy (non-hydrogen) atoms. The number of alkyl halides is 3. The maximum Gasteiger partial charge on any atom is 0.419 e. The van der Waals surface area contributed by atoms with E-state index in [0.29, 0.717) is 12.1 Å². The molecule has 0 N–H and O–H groups in total. The second-order valence-corrected chi connectivity index (χ2v) is 6.43. The largest absolute Gasteiger partial charge is 0.419 e. The van der Waals surface area contributed by atoms with Crippen molar-refractivity contribution in [3.8, 4) is 0 Å². The van der Waals surface area contributed by atoms with Gasteiger partial charge in [0, 0.05) is 11.5 Å². The van der Waals surface area contributed by atoms with Crippen molar-refractivity contribution in [1.82, 2.24) is 0 Å². The summed E-state index contributed by atoms with van der Waals surface area (Å²) >= 11 is 0. The van der Waals surface area contributed by atoms with Gasteiger partial charge >= 0.3 is 6.18 Å². The van der Waals surface area contributed by atoms with Gasteiger partial charge in [-0.15, -0.1) is 0 Å². The van der Waals surface area contributed by atoms with Gasteiger partial charge in [0.25, 0.3) is 0 Å². The molecule has 0 bridgehead atoms. The summed E-state index contributed by atoms with van der Waals surface area (Å²) in [5.41, 5.74) is -2.00. The van der Waals surface area contributed by atoms with Crippen molar-refractivity contribution in [2.24, 2.45) is 16.7 Å². The van der Waals surface area contributed by atoms with Gasteiger partial charge in [0.15, 0.2) is 5.78 Å². The van der Waals surface area contributed by atoms with Crippen LogP contribution in [0.1, 0.15) is 43.6 Å². The van der Waals surface area contributed by atoms with E-state index in [1.807, 2.05) is 27.7 Å². The molecule has 1 nitrogen and oxygen atoms in total. The fourth-order valence-corrected chi connectivity index (χ4v) is 2.91. The topological polar surface area (TPSA) is 17.1 Å². The zero-order valence-corrected chi connectivity index (χ0v) is 11.7. The third-order valence-corrected chi connectivity index (χ3v) is 4.84. The molecular formula is C15H16F4O. The number of benzene rings is 1. The minimum absolute atomic E-state index is 0.0811. The van der Waals surface area contributed by atoms with Crippen LogP contribution in [-0.4, -0.2) is 5.78 Å². The number of carbonyl (C=O) groups excluding carboxylic acids is 1. The molecule has 2 rings (SSSR count). The lowest BCUT2D eigenvalue weighted by atomic mass is 9.99. The SMILES string of the molecule is CC1(C)C(C(=O)c2ccc(F)c(C(F)(F)F)c2)C1(C)C. The average molecular weight is 288 g/mol. The molecule has 0 aliphatic heterocycles. The van der Waals surface area contributed by atoms with E-state index in [4.69, 9.17) is 0 Å². The predicted molar refractivity (Wildman–Crippen MR) is 66.8 cm³/mol. The molecule has 0 spiro atoms. The van der Waals surface area contributed by atoms with Crippen LogP contribution < -0.4 is 0 Å². The smallest absolute Gasteiger partial charge is 0.294 e. The normalized spacial score (nSPS) is 20.8. The molecule has 1 aliphatic carbocycles. The Morgan fingerprint density at radius 2 is 1.60 bits per heavy atom. The predicted octanol–water partition coefficient (Wildman–Crippen LogP) is 4.71. The lowest BCUT2D eigenvalue weighted by Crippen LogP contribution is -2.13. The Balaban J connectivity index is 2.39. The van der Waals surface area contributed by atoms with E-state index in [1.165, 1.54) is 0 Å². The van der Waals surface area contributed by atoms with E-state index in [-0.39, 0.29) is 28.1 Å². The monoisotopic (exact) mass is 288 g/mol. The number of ketones is 1. The molecule has 110 valence electrons. The first-order chi connectivity index (χ1) is 8.90. The van der Waals surface area contributed by atoms with Crippen LogP contribution in [0.3, 0.4) is 0 Å². The molecule has 5 heteroatoms. The number of rotatable bonds is 2. The van der Waals surface area contributed by atoms with E-state index < -0.39 is 17.6 Å². The molecule has 0 amide bonds. The summed E-state index contributed by atoms with van der Waals surface area (Å²) in [7, 11) is 0. The van der Waals surface area contributed by atoms with Crippen LogP contribution in [0.2, 0.25) is 0 Å². The quantitative estimate of drug-likeness (QED) is 0.569. The average Bonchev–Trinajstić information content (AvgIpc) is 2.67. The molecule has 0 radical (unpaired) electrons. The molecule has 1 saturated carbocycles. The van der Waals surface area contributed by atoms with Crippen molar-refractivity contribution < 1.29 is 22.4 Å². The van der Waals surface area contributed by atoms with Crippen molar-refractivity contribution >= 4 is 5.78 Å². The first-order valence-electron chi connectivity index (χ1n) is 6.31. The summed E-state index contributed by atoms with van der Waals surface area (Å²) in [5, 5.41) is 0. The highest BCUT2D eigenvalue weighted by Crippen LogP contribution is 2.69. The van der Waals surface area contributed by atoms with Gasteiger partial charge in [-0.1, -0.05) is 27.7 Å². The highest BCUT2D eigenvalue weighted by molar-refractivity contribution is 6.01. The maximum atomic E-state index is 13.2. The molecule has 1 aliphatic rings. The zero-order chi connectivity index (χ0) is 15.5. The van der Waals surface area contributed by atoms with Crippen LogP contribution >= 0.6 is 0 Å². The van der Waals surface area contributed by atoms with E-state index in [0.717, 1.165) is 6.07 Å². The van der Waals surface area contributed by atoms with Crippen molar-refractivity contribution in [3.63, 3.8) is 0 Å². The fraction of sp³-hybridized carbons (Fsp3) is 0.533. The maximum absolute atomic E-state index is 13.2. The van der Waals surface area contributed by atoms with Crippen LogP contribution in [0.25, 0.3) is 0 Å². The summed E-state index contributed by atoms with van der Waals surface area (Å²) in [6.45, 7) is 7.63. The van der Waals surface area contributed by atoms with Gasteiger partial charge in [0.1, 0.15) is 5.82 Å². The van der Waals surface area contributed by atoms with Crippen LogP contribution in [0.5, 0.6) is 0 Å². The van der Waals surface area contributed by atoms with E-state index in [9.17, 15) is 22.4 Å². The van der Waals surface area contributed by atoms with Crippen LogP contribution in [0.4, 0.5) is 17.6 Å². The van der Waals surface area contributed by atoms with Crippen LogP contribution in [0, 0.1) is 22.6 Å². The third kappa shape index (κ3) is 2.03. The molecule has 1 aromatic rings. The lowest BCUT2D eigenvalue weighted by Gasteiger charge is -2.10. The molecule has 0 heterocycles. The van der Waals surface area contributed by atoms with Crippen molar-refractivity contribution in [3.05, 3.63) is 35.1 Å². The van der Waals surface area contributed by atoms with Crippen molar-refractivity contribution in [1.29, 1.82) is 0 Å². The fourth-order valence-electron chi connectivity index (χ4n) is 2.91. The van der Waals surface area contributed by atoms with E-state index >= 15 is 0 Å². The summed E-state index contributed by atoms with van der Waals surface area (Å²) in [6.07, 6.45) is -4.80. The first-order valence-corrected chi connectivity index (χ1v) is 6.31. The van der Waals surface area contributed by atoms with Gasteiger partial charge in [0.05, 0.1) is 5.56 Å². The molecule has 0 atom stereocenters. The molecular weight excluding hydrogens is 272 g/mol. The highest BCUT2D eigenvalue weighted by atomic mass is 19.4. The number of halogens is 4. The Morgan fingerprint density at radius 1 is 1.10 bits per heavy atom. The van der Waals surface area contributed by atoms with E-state index in [2.05, 4.69) is 0 Å². The third-order valence-electron chi connectivity index (χ3n) is 4.84. The second-order valence-electron chi connectivity index (χ2n) is 6.43. The minimum Gasteiger partial charge on any atom is -0.294 e. The Hall–Kier alpha value is -1.39. The Kier molecular flexibility index (Phi) is 3.04. The van der Waals surface area contributed by atoms with Crippen molar-refractivity contribution in [2.75, 3.05) is 0 Å². The van der Waals surface area contributed by atoms with Crippen LogP contribution in [-0.2, 0) is 6.18 Å². The minimum atomic E-state index is -4.80. The van der Waals surface area contributed by atoms with Gasteiger partial charge < -0.3 is 0 Å². The number of Topliss-reactive ketones (excluding diaryl/α,β-unsaturated/α-hetero) is 1. The number of hydrogen-bond donors (Lipinski definition) is 0. The van der Waals surface area contributed by atoms with Gasteiger partial charge in [-0.2, -0.15) is 13.2 Å². The molecule has 0 aromatic heterocycles. The van der Waals surface area contributed by atoms with Gasteiger partial charge in [0.2, 0.25) is 0 Å². The second kappa shape index (κ2) is 4.06. The number of carbonyl (C=O) groups is 1. The summed E-state index contributed by atoms with van der Waals surface area (Å²) < 4.78 is 51.2. The zero-order valence-electron chi connectivity index (χ0n) is 11.7. The highest BCUT2D eigenvalue weighted by Gasteiger charge is 2.67. The molecule has 1 aromatic carbocycles. The molecule has 0 saturated heterocycles. The summed E-state index contributed by atoms with van der Waals surface area (Å²) in [5.74, 6) is -2.06. The first kappa shape index (κ1) is 15.0.